The highest BCUT2D eigenvalue weighted by Crippen LogP contribution is 2.27. The smallest absolute Gasteiger partial charge is 0.310 e. The van der Waals surface area contributed by atoms with Gasteiger partial charge in [0.05, 0.1) is 10.4 Å². The molecule has 0 aliphatic rings. The lowest BCUT2D eigenvalue weighted by atomic mass is 9.96. The predicted molar refractivity (Wildman–Crippen MR) is 54.7 cm³/mol. The third-order valence-corrected chi connectivity index (χ3v) is 2.87. The van der Waals surface area contributed by atoms with Crippen molar-refractivity contribution in [2.75, 3.05) is 0 Å². The quantitative estimate of drug-likeness (QED) is 0.862. The Morgan fingerprint density at radius 1 is 1.47 bits per heavy atom. The molecule has 0 saturated heterocycles. The second-order valence-corrected chi connectivity index (χ2v) is 3.89. The molecule has 0 aliphatic carbocycles. The van der Waals surface area contributed by atoms with E-state index >= 15 is 0 Å². The molecule has 82 valence electrons. The summed E-state index contributed by atoms with van der Waals surface area (Å²) in [6.07, 6.45) is 0.288. The predicted octanol–water partition coefficient (Wildman–Crippen LogP) is 3.31. The molecule has 0 aliphatic heterocycles. The summed E-state index contributed by atoms with van der Waals surface area (Å²) in [5, 5.41) is 8.82. The van der Waals surface area contributed by atoms with E-state index in [9.17, 15) is 13.6 Å². The molecule has 0 heterocycles. The standard InChI is InChI=1S/C10H9BrF2O2/c1-2-6(10(14)15)5-3-7(12)9(11)8(13)4-5/h3-4,6H,2H2,1H3,(H,14,15). The van der Waals surface area contributed by atoms with Gasteiger partial charge in [-0.15, -0.1) is 0 Å². The van der Waals surface area contributed by atoms with Gasteiger partial charge >= 0.3 is 5.97 Å². The first-order chi connectivity index (χ1) is 6.97. The average molecular weight is 279 g/mol. The minimum atomic E-state index is -1.08. The van der Waals surface area contributed by atoms with Gasteiger partial charge in [0.15, 0.2) is 0 Å². The summed E-state index contributed by atoms with van der Waals surface area (Å²) in [7, 11) is 0. The Balaban J connectivity index is 3.20. The Morgan fingerprint density at radius 3 is 2.27 bits per heavy atom. The molecule has 0 saturated carbocycles. The molecule has 5 heteroatoms. The fourth-order valence-corrected chi connectivity index (χ4v) is 1.56. The molecule has 0 spiro atoms. The fourth-order valence-electron chi connectivity index (χ4n) is 1.33. The van der Waals surface area contributed by atoms with Crippen LogP contribution in [0.2, 0.25) is 0 Å². The minimum Gasteiger partial charge on any atom is -0.481 e. The molecule has 0 amide bonds. The summed E-state index contributed by atoms with van der Waals surface area (Å²) in [4.78, 5) is 10.8. The Labute approximate surface area is 94.0 Å². The maximum absolute atomic E-state index is 13.1. The van der Waals surface area contributed by atoms with Gasteiger partial charge in [-0.05, 0) is 40.0 Å². The minimum absolute atomic E-state index is 0.142. The number of carboxylic acids is 1. The first-order valence-corrected chi connectivity index (χ1v) is 5.14. The Kier molecular flexibility index (Phi) is 3.79. The third-order valence-electron chi connectivity index (χ3n) is 2.11. The van der Waals surface area contributed by atoms with Gasteiger partial charge in [0, 0.05) is 0 Å². The summed E-state index contributed by atoms with van der Waals surface area (Å²) in [6.45, 7) is 1.65. The van der Waals surface area contributed by atoms with Crippen molar-refractivity contribution in [3.63, 3.8) is 0 Å². The number of carbonyl (C=O) groups is 1. The molecular weight excluding hydrogens is 270 g/mol. The van der Waals surface area contributed by atoms with Gasteiger partial charge in [0.25, 0.3) is 0 Å². The topological polar surface area (TPSA) is 37.3 Å². The Bertz CT molecular complexity index is 370. The van der Waals surface area contributed by atoms with Gasteiger partial charge in [-0.2, -0.15) is 0 Å². The van der Waals surface area contributed by atoms with Crippen molar-refractivity contribution in [1.29, 1.82) is 0 Å². The number of hydrogen-bond acceptors (Lipinski definition) is 1. The van der Waals surface area contributed by atoms with Crippen LogP contribution in [0.4, 0.5) is 8.78 Å². The van der Waals surface area contributed by atoms with Crippen LogP contribution in [0.25, 0.3) is 0 Å². The normalized spacial score (nSPS) is 12.5. The second kappa shape index (κ2) is 4.70. The van der Waals surface area contributed by atoms with E-state index in [1.807, 2.05) is 0 Å². The van der Waals surface area contributed by atoms with E-state index in [4.69, 9.17) is 5.11 Å². The molecule has 0 aromatic heterocycles. The summed E-state index contributed by atoms with van der Waals surface area (Å²) in [5.41, 5.74) is 0.142. The zero-order valence-electron chi connectivity index (χ0n) is 7.93. The summed E-state index contributed by atoms with van der Waals surface area (Å²) < 4.78 is 26.0. The average Bonchev–Trinajstić information content (AvgIpc) is 2.14. The largest absolute Gasteiger partial charge is 0.481 e. The monoisotopic (exact) mass is 278 g/mol. The van der Waals surface area contributed by atoms with E-state index < -0.39 is 23.5 Å². The number of aliphatic carboxylic acids is 1. The number of rotatable bonds is 3. The van der Waals surface area contributed by atoms with Crippen molar-refractivity contribution in [2.45, 2.75) is 19.3 Å². The summed E-state index contributed by atoms with van der Waals surface area (Å²) >= 11 is 2.72. The van der Waals surface area contributed by atoms with Crippen molar-refractivity contribution < 1.29 is 18.7 Å². The molecular formula is C10H9BrF2O2. The number of benzene rings is 1. The van der Waals surface area contributed by atoms with Crippen LogP contribution in [0, 0.1) is 11.6 Å². The van der Waals surface area contributed by atoms with E-state index in [2.05, 4.69) is 15.9 Å². The Morgan fingerprint density at radius 2 is 1.93 bits per heavy atom. The molecule has 1 N–H and O–H groups in total. The van der Waals surface area contributed by atoms with E-state index in [1.165, 1.54) is 0 Å². The first kappa shape index (κ1) is 12.1. The number of carboxylic acid groups (broad SMARTS) is 1. The van der Waals surface area contributed by atoms with Crippen LogP contribution in [-0.4, -0.2) is 11.1 Å². The van der Waals surface area contributed by atoms with Crippen LogP contribution in [0.5, 0.6) is 0 Å². The van der Waals surface area contributed by atoms with Crippen LogP contribution in [0.3, 0.4) is 0 Å². The highest BCUT2D eigenvalue weighted by atomic mass is 79.9. The van der Waals surface area contributed by atoms with Gasteiger partial charge in [0.1, 0.15) is 11.6 Å². The van der Waals surface area contributed by atoms with E-state index in [0.717, 1.165) is 12.1 Å². The molecule has 1 aromatic rings. The van der Waals surface area contributed by atoms with Gasteiger partial charge in [-0.1, -0.05) is 6.92 Å². The second-order valence-electron chi connectivity index (χ2n) is 3.10. The van der Waals surface area contributed by atoms with Crippen LogP contribution in [-0.2, 0) is 4.79 Å². The molecule has 1 atom stereocenters. The fraction of sp³-hybridized carbons (Fsp3) is 0.300. The van der Waals surface area contributed by atoms with E-state index in [-0.39, 0.29) is 16.5 Å². The van der Waals surface area contributed by atoms with Gasteiger partial charge in [0.2, 0.25) is 0 Å². The highest BCUT2D eigenvalue weighted by Gasteiger charge is 2.20. The van der Waals surface area contributed by atoms with Crippen LogP contribution in [0.1, 0.15) is 24.8 Å². The molecule has 0 bridgehead atoms. The molecule has 0 fully saturated rings. The SMILES string of the molecule is CCC(C(=O)O)c1cc(F)c(Br)c(F)c1. The van der Waals surface area contributed by atoms with Crippen LogP contribution in [0.15, 0.2) is 16.6 Å². The molecule has 15 heavy (non-hydrogen) atoms. The first-order valence-electron chi connectivity index (χ1n) is 4.34. The van der Waals surface area contributed by atoms with Gasteiger partial charge in [-0.25, -0.2) is 8.78 Å². The van der Waals surface area contributed by atoms with Crippen molar-refractivity contribution >= 4 is 21.9 Å². The molecule has 1 rings (SSSR count). The summed E-state index contributed by atoms with van der Waals surface area (Å²) in [5.74, 6) is -3.53. The zero-order valence-corrected chi connectivity index (χ0v) is 9.51. The lowest BCUT2D eigenvalue weighted by Crippen LogP contribution is -2.11. The molecule has 1 unspecified atom stereocenters. The van der Waals surface area contributed by atoms with Crippen LogP contribution >= 0.6 is 15.9 Å². The van der Waals surface area contributed by atoms with Crippen molar-refractivity contribution in [2.24, 2.45) is 0 Å². The molecule has 1 aromatic carbocycles. The van der Waals surface area contributed by atoms with Crippen molar-refractivity contribution in [3.05, 3.63) is 33.8 Å². The number of hydrogen-bond donors (Lipinski definition) is 1. The van der Waals surface area contributed by atoms with Crippen LogP contribution < -0.4 is 0 Å². The maximum atomic E-state index is 13.1. The van der Waals surface area contributed by atoms with Gasteiger partial charge < -0.3 is 5.11 Å². The van der Waals surface area contributed by atoms with Crippen molar-refractivity contribution in [3.8, 4) is 0 Å². The zero-order chi connectivity index (χ0) is 11.6. The highest BCUT2D eigenvalue weighted by molar-refractivity contribution is 9.10. The molecule has 2 nitrogen and oxygen atoms in total. The van der Waals surface area contributed by atoms with E-state index in [0.29, 0.717) is 0 Å². The maximum Gasteiger partial charge on any atom is 0.310 e. The third kappa shape index (κ3) is 2.53. The lowest BCUT2D eigenvalue weighted by Gasteiger charge is -2.10. The van der Waals surface area contributed by atoms with Gasteiger partial charge in [-0.3, -0.25) is 4.79 Å². The number of halogens is 3. The molecule has 0 radical (unpaired) electrons. The van der Waals surface area contributed by atoms with Crippen molar-refractivity contribution in [1.82, 2.24) is 0 Å². The van der Waals surface area contributed by atoms with E-state index in [1.54, 1.807) is 6.92 Å². The summed E-state index contributed by atoms with van der Waals surface area (Å²) in [6, 6.07) is 2.07. The lowest BCUT2D eigenvalue weighted by molar-refractivity contribution is -0.138. The Hall–Kier alpha value is -0.970.